The first kappa shape index (κ1) is 9.73. The minimum atomic E-state index is 0.0104. The van der Waals surface area contributed by atoms with Crippen LogP contribution in [0.15, 0.2) is 17.4 Å². The zero-order valence-corrected chi connectivity index (χ0v) is 8.06. The second-order valence-electron chi connectivity index (χ2n) is 2.71. The Hall–Kier alpha value is -1.36. The number of ether oxygens (including phenoxy) is 1. The van der Waals surface area contributed by atoms with Crippen molar-refractivity contribution in [2.45, 2.75) is 13.0 Å². The van der Waals surface area contributed by atoms with E-state index < -0.39 is 0 Å². The molecule has 0 radical (unpaired) electrons. The van der Waals surface area contributed by atoms with E-state index in [1.54, 1.807) is 18.0 Å². The predicted molar refractivity (Wildman–Crippen MR) is 51.8 cm³/mol. The number of aromatic nitrogens is 2. The van der Waals surface area contributed by atoms with Gasteiger partial charge in [0.25, 0.3) is 0 Å². The van der Waals surface area contributed by atoms with Crippen LogP contribution in [0.4, 0.5) is 5.82 Å². The molecule has 0 aliphatic heterocycles. The minimum absolute atomic E-state index is 0.0104. The van der Waals surface area contributed by atoms with E-state index in [-0.39, 0.29) is 6.10 Å². The molecule has 0 aromatic carbocycles. The number of anilines is 1. The van der Waals surface area contributed by atoms with E-state index in [0.29, 0.717) is 0 Å². The van der Waals surface area contributed by atoms with Crippen molar-refractivity contribution in [3.8, 4) is 0 Å². The molecule has 1 aromatic rings. The summed E-state index contributed by atoms with van der Waals surface area (Å²) in [6.07, 6.45) is 3.53. The predicted octanol–water partition coefficient (Wildman–Crippen LogP) is 0.853. The quantitative estimate of drug-likeness (QED) is 0.555. The highest BCUT2D eigenvalue weighted by molar-refractivity contribution is 5.63. The molecule has 1 rings (SSSR count). The molecule has 0 saturated carbocycles. The second-order valence-corrected chi connectivity index (χ2v) is 2.71. The number of nitrogens with zero attached hydrogens (tertiary/aromatic N) is 3. The molecule has 5 heteroatoms. The van der Waals surface area contributed by atoms with Crippen LogP contribution in [0.5, 0.6) is 0 Å². The fourth-order valence-corrected chi connectivity index (χ4v) is 0.744. The first-order valence-electron chi connectivity index (χ1n) is 4.04. The van der Waals surface area contributed by atoms with Crippen LogP contribution in [0.1, 0.15) is 6.92 Å². The molecule has 13 heavy (non-hydrogen) atoms. The second kappa shape index (κ2) is 4.61. The Labute approximate surface area is 77.4 Å². The molecule has 1 atom stereocenters. The van der Waals surface area contributed by atoms with Crippen molar-refractivity contribution < 1.29 is 4.74 Å². The molecular weight excluding hydrogens is 168 g/mol. The van der Waals surface area contributed by atoms with Crippen LogP contribution >= 0.6 is 0 Å². The molecular formula is C8H14N4O. The molecule has 0 bridgehead atoms. The van der Waals surface area contributed by atoms with Crippen molar-refractivity contribution in [2.24, 2.45) is 12.1 Å². The van der Waals surface area contributed by atoms with Gasteiger partial charge in [-0.3, -0.25) is 10.1 Å². The molecule has 1 unspecified atom stereocenters. The third-order valence-corrected chi connectivity index (χ3v) is 1.55. The average Bonchev–Trinajstić information content (AvgIpc) is 2.51. The summed E-state index contributed by atoms with van der Waals surface area (Å²) in [6.45, 7) is 1.91. The highest BCUT2D eigenvalue weighted by Gasteiger charge is 1.93. The monoisotopic (exact) mass is 182 g/mol. The fraction of sp³-hybridized carbons (Fsp3) is 0.500. The zero-order valence-electron chi connectivity index (χ0n) is 8.06. The Kier molecular flexibility index (Phi) is 3.45. The Morgan fingerprint density at radius 2 is 2.54 bits per heavy atom. The molecule has 0 saturated heterocycles. The van der Waals surface area contributed by atoms with Gasteiger partial charge in [-0.1, -0.05) is 0 Å². The van der Waals surface area contributed by atoms with E-state index in [2.05, 4.69) is 15.6 Å². The highest BCUT2D eigenvalue weighted by atomic mass is 16.5. The van der Waals surface area contributed by atoms with Gasteiger partial charge in [-0.15, -0.1) is 0 Å². The number of rotatable bonds is 4. The summed E-state index contributed by atoms with van der Waals surface area (Å²) in [5, 5.41) is 8.03. The number of hydrazone groups is 1. The van der Waals surface area contributed by atoms with Gasteiger partial charge in [0.05, 0.1) is 12.3 Å². The van der Waals surface area contributed by atoms with Gasteiger partial charge in [-0.25, -0.2) is 0 Å². The fourth-order valence-electron chi connectivity index (χ4n) is 0.744. The summed E-state index contributed by atoms with van der Waals surface area (Å²) in [5.41, 5.74) is 2.79. The van der Waals surface area contributed by atoms with Gasteiger partial charge in [0.2, 0.25) is 0 Å². The number of nitrogens with one attached hydrogen (secondary N) is 1. The van der Waals surface area contributed by atoms with Crippen molar-refractivity contribution in [2.75, 3.05) is 12.5 Å². The Balaban J connectivity index is 2.38. The van der Waals surface area contributed by atoms with Gasteiger partial charge in [0.15, 0.2) is 5.82 Å². The van der Waals surface area contributed by atoms with Crippen LogP contribution in [0.25, 0.3) is 0 Å². The van der Waals surface area contributed by atoms with E-state index in [9.17, 15) is 0 Å². The van der Waals surface area contributed by atoms with Crippen LogP contribution < -0.4 is 5.43 Å². The largest absolute Gasteiger partial charge is 0.376 e. The smallest absolute Gasteiger partial charge is 0.168 e. The molecule has 1 aromatic heterocycles. The first-order valence-corrected chi connectivity index (χ1v) is 4.04. The van der Waals surface area contributed by atoms with Crippen LogP contribution in [0, 0.1) is 0 Å². The van der Waals surface area contributed by atoms with E-state index >= 15 is 0 Å². The van der Waals surface area contributed by atoms with Gasteiger partial charge < -0.3 is 4.74 Å². The third kappa shape index (κ3) is 3.25. The van der Waals surface area contributed by atoms with Crippen molar-refractivity contribution in [1.82, 2.24) is 9.78 Å². The van der Waals surface area contributed by atoms with Crippen molar-refractivity contribution in [3.05, 3.63) is 12.3 Å². The Morgan fingerprint density at radius 1 is 1.77 bits per heavy atom. The molecule has 0 aliphatic rings. The SMILES string of the molecule is COC(C)/C=N/Nc1ccn(C)n1. The maximum atomic E-state index is 4.98. The van der Waals surface area contributed by atoms with Gasteiger partial charge in [0.1, 0.15) is 0 Å². The normalized spacial score (nSPS) is 13.5. The number of hydrogen-bond donors (Lipinski definition) is 1. The lowest BCUT2D eigenvalue weighted by Crippen LogP contribution is -2.07. The lowest BCUT2D eigenvalue weighted by molar-refractivity contribution is 0.174. The Morgan fingerprint density at radius 3 is 3.08 bits per heavy atom. The summed E-state index contributed by atoms with van der Waals surface area (Å²) < 4.78 is 6.68. The maximum absolute atomic E-state index is 4.98. The number of aryl methyl sites for hydroxylation is 1. The van der Waals surface area contributed by atoms with Crippen LogP contribution in [0.3, 0.4) is 0 Å². The molecule has 0 aliphatic carbocycles. The van der Waals surface area contributed by atoms with E-state index in [0.717, 1.165) is 5.82 Å². The maximum Gasteiger partial charge on any atom is 0.168 e. The van der Waals surface area contributed by atoms with Crippen LogP contribution in [-0.4, -0.2) is 29.2 Å². The van der Waals surface area contributed by atoms with Crippen molar-refractivity contribution >= 4 is 12.0 Å². The highest BCUT2D eigenvalue weighted by Crippen LogP contribution is 1.99. The standard InChI is InChI=1S/C8H14N4O/c1-7(13-3)6-9-10-8-4-5-12(2)11-8/h4-7H,1-3H3,(H,10,11)/b9-6+. The molecule has 72 valence electrons. The molecule has 0 amide bonds. The molecule has 0 spiro atoms. The molecule has 5 nitrogen and oxygen atoms in total. The van der Waals surface area contributed by atoms with Gasteiger partial charge >= 0.3 is 0 Å². The van der Waals surface area contributed by atoms with E-state index in [4.69, 9.17) is 4.74 Å². The molecule has 1 N–H and O–H groups in total. The van der Waals surface area contributed by atoms with E-state index in [1.165, 1.54) is 0 Å². The lowest BCUT2D eigenvalue weighted by Gasteiger charge is -2.00. The summed E-state index contributed by atoms with van der Waals surface area (Å²) in [4.78, 5) is 0. The Bertz CT molecular complexity index is 281. The van der Waals surface area contributed by atoms with Gasteiger partial charge in [-0.05, 0) is 6.92 Å². The molecule has 0 fully saturated rings. The summed E-state index contributed by atoms with van der Waals surface area (Å²) in [6, 6.07) is 1.84. The number of hydrogen-bond acceptors (Lipinski definition) is 4. The summed E-state index contributed by atoms with van der Waals surface area (Å²) in [5.74, 6) is 0.724. The summed E-state index contributed by atoms with van der Waals surface area (Å²) >= 11 is 0. The average molecular weight is 182 g/mol. The van der Waals surface area contributed by atoms with Crippen molar-refractivity contribution in [1.29, 1.82) is 0 Å². The van der Waals surface area contributed by atoms with Crippen molar-refractivity contribution in [3.63, 3.8) is 0 Å². The number of methoxy groups -OCH3 is 1. The first-order chi connectivity index (χ1) is 6.22. The molecule has 1 heterocycles. The van der Waals surface area contributed by atoms with Gasteiger partial charge in [-0.2, -0.15) is 10.2 Å². The lowest BCUT2D eigenvalue weighted by atomic mass is 10.5. The van der Waals surface area contributed by atoms with E-state index in [1.807, 2.05) is 26.2 Å². The zero-order chi connectivity index (χ0) is 9.68. The summed E-state index contributed by atoms with van der Waals surface area (Å²) in [7, 11) is 3.49. The van der Waals surface area contributed by atoms with Gasteiger partial charge in [0, 0.05) is 26.4 Å². The minimum Gasteiger partial charge on any atom is -0.376 e. The third-order valence-electron chi connectivity index (χ3n) is 1.55. The topological polar surface area (TPSA) is 51.4 Å². The van der Waals surface area contributed by atoms with Crippen LogP contribution in [-0.2, 0) is 11.8 Å². The van der Waals surface area contributed by atoms with Crippen LogP contribution in [0.2, 0.25) is 0 Å².